The molecule has 1 aliphatic heterocycles. The van der Waals surface area contributed by atoms with Gasteiger partial charge in [0, 0.05) is 36.1 Å². The Morgan fingerprint density at radius 2 is 1.88 bits per heavy atom. The topological polar surface area (TPSA) is 88.0 Å². The van der Waals surface area contributed by atoms with E-state index in [1.165, 1.54) is 15.9 Å². The van der Waals surface area contributed by atoms with Crippen molar-refractivity contribution < 1.29 is 9.90 Å². The second-order valence-electron chi connectivity index (χ2n) is 7.49. The van der Waals surface area contributed by atoms with Gasteiger partial charge in [0.25, 0.3) is 5.91 Å². The number of hydrogen-bond acceptors (Lipinski definition) is 5. The standard InChI is InChI=1S/C25H18N6O2/c1-26-20-9-3-4-10-22(20)30-16-18(15-28-30)25(33)31-23(19-8-2-5-11-24(19)32)13-21(29-31)17-7-6-12-27-14-17/h2-12,14-16,23,32H,13H2. The Morgan fingerprint density at radius 1 is 1.06 bits per heavy atom. The van der Waals surface area contributed by atoms with Crippen molar-refractivity contribution in [2.45, 2.75) is 12.5 Å². The normalized spacial score (nSPS) is 15.2. The van der Waals surface area contributed by atoms with Crippen LogP contribution < -0.4 is 0 Å². The van der Waals surface area contributed by atoms with Gasteiger partial charge in [-0.2, -0.15) is 10.2 Å². The molecule has 2 aromatic carbocycles. The first-order chi connectivity index (χ1) is 16.2. The maximum Gasteiger partial charge on any atom is 0.277 e. The SMILES string of the molecule is [C-]#[N+]c1ccccc1-n1cc(C(=O)N2N=C(c3cccnc3)CC2c2ccccc2O)cn1. The molecule has 0 saturated heterocycles. The first-order valence-electron chi connectivity index (χ1n) is 10.3. The number of phenols is 1. The molecule has 0 bridgehead atoms. The lowest BCUT2D eigenvalue weighted by atomic mass is 9.98. The quantitative estimate of drug-likeness (QED) is 0.479. The number of pyridine rings is 1. The van der Waals surface area contributed by atoms with Gasteiger partial charge in [-0.25, -0.2) is 9.85 Å². The maximum absolute atomic E-state index is 13.5. The van der Waals surface area contributed by atoms with Gasteiger partial charge < -0.3 is 5.11 Å². The summed E-state index contributed by atoms with van der Waals surface area (Å²) in [6.07, 6.45) is 6.87. The highest BCUT2D eigenvalue weighted by atomic mass is 16.3. The zero-order valence-electron chi connectivity index (χ0n) is 17.4. The average Bonchev–Trinajstić information content (AvgIpc) is 3.53. The fourth-order valence-electron chi connectivity index (χ4n) is 3.87. The summed E-state index contributed by atoms with van der Waals surface area (Å²) in [7, 11) is 0. The molecule has 1 unspecified atom stereocenters. The number of benzene rings is 2. The van der Waals surface area contributed by atoms with Crippen molar-refractivity contribution in [2.75, 3.05) is 0 Å². The molecule has 8 heteroatoms. The first-order valence-corrected chi connectivity index (χ1v) is 10.3. The van der Waals surface area contributed by atoms with Crippen molar-refractivity contribution in [2.24, 2.45) is 5.10 Å². The Balaban J connectivity index is 1.53. The molecule has 5 rings (SSSR count). The van der Waals surface area contributed by atoms with Crippen LogP contribution in [0.4, 0.5) is 5.69 Å². The van der Waals surface area contributed by atoms with Crippen molar-refractivity contribution in [3.05, 3.63) is 114 Å². The molecule has 33 heavy (non-hydrogen) atoms. The summed E-state index contributed by atoms with van der Waals surface area (Å²) >= 11 is 0. The number of carbonyl (C=O) groups is 1. The highest BCUT2D eigenvalue weighted by Gasteiger charge is 2.35. The molecule has 1 amide bonds. The Kier molecular flexibility index (Phi) is 5.13. The molecule has 160 valence electrons. The lowest BCUT2D eigenvalue weighted by molar-refractivity contribution is 0.0709. The van der Waals surface area contributed by atoms with E-state index < -0.39 is 6.04 Å². The summed E-state index contributed by atoms with van der Waals surface area (Å²) in [6.45, 7) is 7.37. The van der Waals surface area contributed by atoms with E-state index in [1.807, 2.05) is 24.3 Å². The number of nitrogens with zero attached hydrogens (tertiary/aromatic N) is 6. The third-order valence-corrected chi connectivity index (χ3v) is 5.49. The van der Waals surface area contributed by atoms with Gasteiger partial charge in [-0.05, 0) is 18.2 Å². The van der Waals surface area contributed by atoms with Crippen LogP contribution in [-0.2, 0) is 0 Å². The number of aromatic hydroxyl groups is 1. The molecule has 0 fully saturated rings. The highest BCUT2D eigenvalue weighted by molar-refractivity contribution is 6.04. The van der Waals surface area contributed by atoms with E-state index in [4.69, 9.17) is 6.57 Å². The fourth-order valence-corrected chi connectivity index (χ4v) is 3.87. The predicted molar refractivity (Wildman–Crippen MR) is 122 cm³/mol. The van der Waals surface area contributed by atoms with Crippen LogP contribution in [0.15, 0.2) is 90.6 Å². The zero-order valence-corrected chi connectivity index (χ0v) is 17.4. The van der Waals surface area contributed by atoms with E-state index in [0.717, 1.165) is 5.56 Å². The van der Waals surface area contributed by atoms with Crippen LogP contribution in [-0.4, -0.2) is 36.5 Å². The second-order valence-corrected chi connectivity index (χ2v) is 7.49. The molecule has 1 atom stereocenters. The predicted octanol–water partition coefficient (Wildman–Crippen LogP) is 4.52. The molecule has 0 aliphatic carbocycles. The van der Waals surface area contributed by atoms with Crippen LogP contribution in [0.25, 0.3) is 10.5 Å². The van der Waals surface area contributed by atoms with Crippen molar-refractivity contribution in [3.8, 4) is 11.4 Å². The largest absolute Gasteiger partial charge is 0.508 e. The van der Waals surface area contributed by atoms with Gasteiger partial charge in [-0.15, -0.1) is 0 Å². The van der Waals surface area contributed by atoms with E-state index in [-0.39, 0.29) is 11.7 Å². The Bertz CT molecular complexity index is 1400. The summed E-state index contributed by atoms with van der Waals surface area (Å²) in [5.41, 5.74) is 3.48. The smallest absolute Gasteiger partial charge is 0.277 e. The fraction of sp³-hybridized carbons (Fsp3) is 0.0800. The van der Waals surface area contributed by atoms with Gasteiger partial charge in [0.1, 0.15) is 5.75 Å². The molecule has 1 N–H and O–H groups in total. The van der Waals surface area contributed by atoms with Gasteiger partial charge >= 0.3 is 0 Å². The number of rotatable bonds is 4. The summed E-state index contributed by atoms with van der Waals surface area (Å²) in [5, 5.41) is 20.8. The summed E-state index contributed by atoms with van der Waals surface area (Å²) < 4.78 is 1.51. The molecule has 4 aromatic rings. The van der Waals surface area contributed by atoms with E-state index >= 15 is 0 Å². The zero-order chi connectivity index (χ0) is 22.8. The summed E-state index contributed by atoms with van der Waals surface area (Å²) in [5.74, 6) is -0.252. The van der Waals surface area contributed by atoms with Crippen molar-refractivity contribution in [1.29, 1.82) is 0 Å². The number of hydrogen-bond donors (Lipinski definition) is 1. The van der Waals surface area contributed by atoms with Crippen LogP contribution in [0.2, 0.25) is 0 Å². The van der Waals surface area contributed by atoms with Gasteiger partial charge in [0.15, 0.2) is 0 Å². The second kappa shape index (κ2) is 8.40. The van der Waals surface area contributed by atoms with Crippen LogP contribution in [0, 0.1) is 6.57 Å². The summed E-state index contributed by atoms with van der Waals surface area (Å²) in [4.78, 5) is 21.2. The number of para-hydroxylation sites is 3. The van der Waals surface area contributed by atoms with Crippen LogP contribution >= 0.6 is 0 Å². The minimum absolute atomic E-state index is 0.101. The minimum Gasteiger partial charge on any atom is -0.508 e. The molecule has 2 aromatic heterocycles. The van der Waals surface area contributed by atoms with E-state index in [2.05, 4.69) is 20.0 Å². The Hall–Kier alpha value is -4.77. The number of carbonyl (C=O) groups excluding carboxylic acids is 1. The van der Waals surface area contributed by atoms with E-state index in [1.54, 1.807) is 55.0 Å². The molecule has 0 saturated carbocycles. The lowest BCUT2D eigenvalue weighted by Gasteiger charge is -2.22. The number of amides is 1. The molecule has 0 spiro atoms. The number of aromatic nitrogens is 3. The van der Waals surface area contributed by atoms with Gasteiger partial charge in [0.05, 0.1) is 35.8 Å². The third-order valence-electron chi connectivity index (χ3n) is 5.49. The number of hydrazone groups is 1. The molecule has 0 radical (unpaired) electrons. The van der Waals surface area contributed by atoms with Gasteiger partial charge in [-0.3, -0.25) is 14.5 Å². The summed E-state index contributed by atoms with van der Waals surface area (Å²) in [6, 6.07) is 17.2. The Labute approximate surface area is 189 Å². The van der Waals surface area contributed by atoms with E-state index in [9.17, 15) is 9.90 Å². The molecular formula is C25H18N6O2. The van der Waals surface area contributed by atoms with Crippen LogP contribution in [0.1, 0.15) is 33.9 Å². The molecule has 3 heterocycles. The lowest BCUT2D eigenvalue weighted by Crippen LogP contribution is -2.26. The molecule has 8 nitrogen and oxygen atoms in total. The minimum atomic E-state index is -0.479. The Morgan fingerprint density at radius 3 is 2.67 bits per heavy atom. The van der Waals surface area contributed by atoms with Gasteiger partial charge in [-0.1, -0.05) is 42.5 Å². The highest BCUT2D eigenvalue weighted by Crippen LogP contribution is 2.37. The maximum atomic E-state index is 13.5. The monoisotopic (exact) mass is 434 g/mol. The third kappa shape index (κ3) is 3.72. The number of phenolic OH excluding ortho intramolecular Hbond substituents is 1. The van der Waals surface area contributed by atoms with Crippen LogP contribution in [0.3, 0.4) is 0 Å². The van der Waals surface area contributed by atoms with Crippen LogP contribution in [0.5, 0.6) is 5.75 Å². The van der Waals surface area contributed by atoms with Crippen molar-refractivity contribution in [3.63, 3.8) is 0 Å². The molecule has 1 aliphatic rings. The van der Waals surface area contributed by atoms with Crippen molar-refractivity contribution >= 4 is 17.3 Å². The van der Waals surface area contributed by atoms with Crippen molar-refractivity contribution in [1.82, 2.24) is 19.8 Å². The average molecular weight is 434 g/mol. The van der Waals surface area contributed by atoms with Gasteiger partial charge in [0.2, 0.25) is 5.69 Å². The molecular weight excluding hydrogens is 416 g/mol. The van der Waals surface area contributed by atoms with E-state index in [0.29, 0.717) is 34.6 Å². The first kappa shape index (κ1) is 20.2.